The highest BCUT2D eigenvalue weighted by molar-refractivity contribution is 5.27. The number of aliphatic hydroxyl groups excluding tert-OH is 1. The molecule has 0 radical (unpaired) electrons. The zero-order chi connectivity index (χ0) is 12.7. The smallest absolute Gasteiger partial charge is 0.248 e. The monoisotopic (exact) mass is 231 g/mol. The van der Waals surface area contributed by atoms with Crippen molar-refractivity contribution in [1.82, 2.24) is 4.98 Å². The minimum absolute atomic E-state index is 0.110. The maximum Gasteiger partial charge on any atom is 0.248 e. The topological polar surface area (TPSA) is 53.1 Å². The summed E-state index contributed by atoms with van der Waals surface area (Å²) in [6.45, 7) is 3.74. The third-order valence-electron chi connectivity index (χ3n) is 2.29. The van der Waals surface area contributed by atoms with Gasteiger partial charge in [0.25, 0.3) is 0 Å². The van der Waals surface area contributed by atoms with Crippen molar-refractivity contribution in [2.45, 2.75) is 20.3 Å². The Morgan fingerprint density at radius 1 is 1.47 bits per heavy atom. The van der Waals surface area contributed by atoms with Crippen molar-refractivity contribution in [2.75, 3.05) is 0 Å². The van der Waals surface area contributed by atoms with Gasteiger partial charge < -0.3 is 10.1 Å². The van der Waals surface area contributed by atoms with Crippen LogP contribution in [0.5, 0.6) is 0 Å². The van der Waals surface area contributed by atoms with E-state index in [2.05, 4.69) is 4.98 Å². The normalized spacial score (nSPS) is 13.3. The largest absolute Gasteiger partial charge is 0.508 e. The molecule has 0 bridgehead atoms. The highest BCUT2D eigenvalue weighted by atomic mass is 16.3. The van der Waals surface area contributed by atoms with Gasteiger partial charge in [0, 0.05) is 12.3 Å². The molecule has 0 unspecified atom stereocenters. The van der Waals surface area contributed by atoms with Crippen molar-refractivity contribution < 1.29 is 5.11 Å². The first-order valence-electron chi connectivity index (χ1n) is 5.50. The number of hydrogen-bond acceptors (Lipinski definition) is 2. The number of allylic oxidation sites excluding steroid dienone is 5. The molecule has 0 aliphatic rings. The Hall–Kier alpha value is -2.03. The lowest BCUT2D eigenvalue weighted by molar-refractivity contribution is 0.427. The van der Waals surface area contributed by atoms with Crippen LogP contribution in [0.3, 0.4) is 0 Å². The van der Waals surface area contributed by atoms with Crippen LogP contribution in [-0.4, -0.2) is 10.1 Å². The van der Waals surface area contributed by atoms with Gasteiger partial charge in [-0.15, -0.1) is 0 Å². The van der Waals surface area contributed by atoms with Gasteiger partial charge in [-0.05, 0) is 43.5 Å². The standard InChI is InChI=1S/C14H17NO2/c1-3-5-11(2)13(16)7-4-6-12-8-9-15-14(17)10-12/h3-5,7-10,16H,6H2,1-2H3,(H,15,17)/b5-3-,7-4+,13-11+. The molecule has 3 nitrogen and oxygen atoms in total. The number of hydrogen-bond donors (Lipinski definition) is 2. The summed E-state index contributed by atoms with van der Waals surface area (Å²) in [5.74, 6) is 0.243. The number of pyridine rings is 1. The predicted octanol–water partition coefficient (Wildman–Crippen LogP) is 2.88. The van der Waals surface area contributed by atoms with E-state index in [-0.39, 0.29) is 11.3 Å². The Labute approximate surface area is 101 Å². The van der Waals surface area contributed by atoms with E-state index in [4.69, 9.17) is 0 Å². The third-order valence-corrected chi connectivity index (χ3v) is 2.29. The van der Waals surface area contributed by atoms with Crippen molar-refractivity contribution in [3.63, 3.8) is 0 Å². The molecule has 17 heavy (non-hydrogen) atoms. The summed E-state index contributed by atoms with van der Waals surface area (Å²) in [6, 6.07) is 3.38. The Morgan fingerprint density at radius 3 is 2.88 bits per heavy atom. The van der Waals surface area contributed by atoms with E-state index < -0.39 is 0 Å². The van der Waals surface area contributed by atoms with Crippen molar-refractivity contribution in [2.24, 2.45) is 0 Å². The first kappa shape index (κ1) is 13.0. The van der Waals surface area contributed by atoms with Crippen molar-refractivity contribution in [1.29, 1.82) is 0 Å². The van der Waals surface area contributed by atoms with Gasteiger partial charge in [-0.25, -0.2) is 0 Å². The minimum Gasteiger partial charge on any atom is -0.508 e. The van der Waals surface area contributed by atoms with Crippen LogP contribution in [0.1, 0.15) is 19.4 Å². The second-order valence-electron chi connectivity index (χ2n) is 3.74. The predicted molar refractivity (Wildman–Crippen MR) is 70.0 cm³/mol. The summed E-state index contributed by atoms with van der Waals surface area (Å²) in [4.78, 5) is 13.6. The lowest BCUT2D eigenvalue weighted by Gasteiger charge is -1.97. The Bertz CT molecular complexity index is 507. The SMILES string of the molecule is C\C=C/C(C)=C(O)\C=C\Cc1cc[nH]c(=O)c1. The van der Waals surface area contributed by atoms with Crippen molar-refractivity contribution >= 4 is 0 Å². The molecular weight excluding hydrogens is 214 g/mol. The van der Waals surface area contributed by atoms with E-state index in [1.165, 1.54) is 0 Å². The van der Waals surface area contributed by atoms with Crippen LogP contribution < -0.4 is 5.56 Å². The second kappa shape index (κ2) is 6.53. The summed E-state index contributed by atoms with van der Waals surface area (Å²) in [5.41, 5.74) is 1.62. The minimum atomic E-state index is -0.110. The van der Waals surface area contributed by atoms with E-state index in [0.29, 0.717) is 6.42 Å². The fourth-order valence-electron chi connectivity index (χ4n) is 1.39. The zero-order valence-electron chi connectivity index (χ0n) is 10.1. The molecule has 2 N–H and O–H groups in total. The molecule has 0 saturated heterocycles. The van der Waals surface area contributed by atoms with Crippen LogP contribution in [0.4, 0.5) is 0 Å². The molecule has 0 aliphatic carbocycles. The average Bonchev–Trinajstić information content (AvgIpc) is 2.29. The van der Waals surface area contributed by atoms with Gasteiger partial charge in [-0.2, -0.15) is 0 Å². The van der Waals surface area contributed by atoms with E-state index in [9.17, 15) is 9.90 Å². The van der Waals surface area contributed by atoms with Crippen molar-refractivity contribution in [3.8, 4) is 0 Å². The first-order valence-corrected chi connectivity index (χ1v) is 5.50. The third kappa shape index (κ3) is 4.55. The fourth-order valence-corrected chi connectivity index (χ4v) is 1.39. The molecule has 0 spiro atoms. The maximum atomic E-state index is 11.0. The summed E-state index contributed by atoms with van der Waals surface area (Å²) in [5, 5.41) is 9.66. The molecule has 0 aromatic carbocycles. The molecule has 0 aliphatic heterocycles. The van der Waals surface area contributed by atoms with Gasteiger partial charge in [0.15, 0.2) is 0 Å². The van der Waals surface area contributed by atoms with Gasteiger partial charge in [0.2, 0.25) is 5.56 Å². The van der Waals surface area contributed by atoms with Crippen LogP contribution in [0, 0.1) is 0 Å². The molecular formula is C14H17NO2. The summed E-state index contributed by atoms with van der Waals surface area (Å²) in [6.07, 6.45) is 9.43. The zero-order valence-corrected chi connectivity index (χ0v) is 10.1. The Balaban J connectivity index is 2.68. The lowest BCUT2D eigenvalue weighted by atomic mass is 10.1. The maximum absolute atomic E-state index is 11.0. The summed E-state index contributed by atoms with van der Waals surface area (Å²) < 4.78 is 0. The van der Waals surface area contributed by atoms with Gasteiger partial charge in [0.1, 0.15) is 5.76 Å². The number of aromatic amines is 1. The Morgan fingerprint density at radius 2 is 2.24 bits per heavy atom. The van der Waals surface area contributed by atoms with Gasteiger partial charge in [-0.3, -0.25) is 4.79 Å². The van der Waals surface area contributed by atoms with E-state index in [0.717, 1.165) is 11.1 Å². The quantitative estimate of drug-likeness (QED) is 0.618. The van der Waals surface area contributed by atoms with Crippen LogP contribution >= 0.6 is 0 Å². The van der Waals surface area contributed by atoms with Crippen LogP contribution in [0.2, 0.25) is 0 Å². The molecule has 0 fully saturated rings. The van der Waals surface area contributed by atoms with E-state index >= 15 is 0 Å². The number of nitrogens with one attached hydrogen (secondary N) is 1. The van der Waals surface area contributed by atoms with Crippen molar-refractivity contribution in [3.05, 3.63) is 69.9 Å². The number of aliphatic hydroxyl groups is 1. The molecule has 1 heterocycles. The summed E-state index contributed by atoms with van der Waals surface area (Å²) >= 11 is 0. The molecule has 0 saturated carbocycles. The Kier molecular flexibility index (Phi) is 5.01. The molecule has 1 rings (SSSR count). The highest BCUT2D eigenvalue weighted by Gasteiger charge is 1.93. The first-order chi connectivity index (χ1) is 8.13. The molecule has 90 valence electrons. The van der Waals surface area contributed by atoms with E-state index in [1.54, 1.807) is 18.3 Å². The van der Waals surface area contributed by atoms with Crippen LogP contribution in [-0.2, 0) is 6.42 Å². The van der Waals surface area contributed by atoms with Gasteiger partial charge in [-0.1, -0.05) is 18.2 Å². The molecule has 1 aromatic rings. The van der Waals surface area contributed by atoms with Gasteiger partial charge in [0.05, 0.1) is 0 Å². The molecule has 0 amide bonds. The number of H-pyrrole nitrogens is 1. The van der Waals surface area contributed by atoms with Gasteiger partial charge >= 0.3 is 0 Å². The van der Waals surface area contributed by atoms with E-state index in [1.807, 2.05) is 38.1 Å². The molecule has 1 aromatic heterocycles. The van der Waals surface area contributed by atoms with Crippen LogP contribution in [0.25, 0.3) is 0 Å². The lowest BCUT2D eigenvalue weighted by Crippen LogP contribution is -2.03. The highest BCUT2D eigenvalue weighted by Crippen LogP contribution is 2.05. The average molecular weight is 231 g/mol. The fraction of sp³-hybridized carbons (Fsp3) is 0.214. The number of aromatic nitrogens is 1. The van der Waals surface area contributed by atoms with Crippen LogP contribution in [0.15, 0.2) is 58.8 Å². The number of rotatable bonds is 4. The summed E-state index contributed by atoms with van der Waals surface area (Å²) in [7, 11) is 0. The molecule has 3 heteroatoms. The molecule has 0 atom stereocenters. The second-order valence-corrected chi connectivity index (χ2v) is 3.74.